The molecular weight excluding hydrogens is 298 g/mol. The van der Waals surface area contributed by atoms with Crippen LogP contribution in [0, 0.1) is 11.3 Å². The van der Waals surface area contributed by atoms with Crippen molar-refractivity contribution in [2.45, 2.75) is 26.2 Å². The fraction of sp³-hybridized carbons (Fsp3) is 0.250. The molecule has 0 amide bonds. The summed E-state index contributed by atoms with van der Waals surface area (Å²) in [6.45, 7) is 6.26. The number of aromatic nitrogens is 2. The molecule has 0 aliphatic rings. The van der Waals surface area contributed by atoms with E-state index in [1.165, 1.54) is 12.1 Å². The lowest BCUT2D eigenvalue weighted by molar-refractivity contribution is 0.0690. The number of pyridine rings is 1. The first kappa shape index (κ1) is 15.9. The minimum atomic E-state index is -1.12. The second-order valence-electron chi connectivity index (χ2n) is 5.70. The van der Waals surface area contributed by atoms with Gasteiger partial charge in [0.25, 0.3) is 0 Å². The van der Waals surface area contributed by atoms with E-state index >= 15 is 0 Å². The van der Waals surface area contributed by atoms with Crippen LogP contribution in [0.25, 0.3) is 12.2 Å². The smallest absolute Gasteiger partial charge is 0.354 e. The molecule has 0 atom stereocenters. The molecule has 2 aromatic rings. The third kappa shape index (κ3) is 3.57. The van der Waals surface area contributed by atoms with Crippen molar-refractivity contribution in [1.29, 1.82) is 5.26 Å². The molecule has 0 aliphatic carbocycles. The molecule has 0 saturated carbocycles. The Labute approximate surface area is 132 Å². The van der Waals surface area contributed by atoms with Gasteiger partial charge in [-0.3, -0.25) is 0 Å². The van der Waals surface area contributed by atoms with Gasteiger partial charge in [0.2, 0.25) is 0 Å². The number of thiazole rings is 1. The van der Waals surface area contributed by atoms with Gasteiger partial charge in [0.1, 0.15) is 11.8 Å². The van der Waals surface area contributed by atoms with Crippen LogP contribution >= 0.6 is 11.3 Å². The molecule has 1 N–H and O–H groups in total. The van der Waals surface area contributed by atoms with Crippen LogP contribution in [-0.2, 0) is 5.41 Å². The van der Waals surface area contributed by atoms with Crippen molar-refractivity contribution in [2.75, 3.05) is 0 Å². The summed E-state index contributed by atoms with van der Waals surface area (Å²) in [4.78, 5) is 20.3. The molecule has 0 fully saturated rings. The van der Waals surface area contributed by atoms with Crippen LogP contribution in [0.3, 0.4) is 0 Å². The first-order valence-electron chi connectivity index (χ1n) is 6.60. The van der Waals surface area contributed by atoms with E-state index in [0.29, 0.717) is 11.3 Å². The van der Waals surface area contributed by atoms with Gasteiger partial charge in [-0.1, -0.05) is 20.8 Å². The number of hydrogen-bond acceptors (Lipinski definition) is 5. The maximum Gasteiger partial charge on any atom is 0.354 e. The SMILES string of the molecule is CC(C)(C)c1ncc(/C=C/c2nc(C(=O)O)ccc2C#N)s1. The first-order valence-corrected chi connectivity index (χ1v) is 7.42. The van der Waals surface area contributed by atoms with E-state index < -0.39 is 5.97 Å². The van der Waals surface area contributed by atoms with Crippen molar-refractivity contribution in [3.63, 3.8) is 0 Å². The molecule has 2 heterocycles. The molecule has 0 bridgehead atoms. The minimum Gasteiger partial charge on any atom is -0.477 e. The molecule has 0 radical (unpaired) electrons. The lowest BCUT2D eigenvalue weighted by Gasteiger charge is -2.13. The van der Waals surface area contributed by atoms with Crippen molar-refractivity contribution in [3.8, 4) is 6.07 Å². The predicted molar refractivity (Wildman–Crippen MR) is 85.7 cm³/mol. The van der Waals surface area contributed by atoms with Gasteiger partial charge in [-0.25, -0.2) is 14.8 Å². The summed E-state index contributed by atoms with van der Waals surface area (Å²) in [5.41, 5.74) is 0.573. The number of nitriles is 1. The van der Waals surface area contributed by atoms with Crippen molar-refractivity contribution in [3.05, 3.63) is 45.2 Å². The highest BCUT2D eigenvalue weighted by Gasteiger charge is 2.17. The molecular formula is C16H15N3O2S. The molecule has 6 heteroatoms. The standard InChI is InChI=1S/C16H15N3O2S/c1-16(2,3)15-18-9-11(22-15)5-7-12-10(8-17)4-6-13(19-12)14(20)21/h4-7,9H,1-3H3,(H,20,21)/b7-5+. The highest BCUT2D eigenvalue weighted by Crippen LogP contribution is 2.27. The highest BCUT2D eigenvalue weighted by atomic mass is 32.1. The van der Waals surface area contributed by atoms with Gasteiger partial charge in [-0.05, 0) is 24.3 Å². The molecule has 0 unspecified atom stereocenters. The van der Waals surface area contributed by atoms with Crippen LogP contribution in [0.5, 0.6) is 0 Å². The van der Waals surface area contributed by atoms with Crippen molar-refractivity contribution in [1.82, 2.24) is 9.97 Å². The number of rotatable bonds is 3. The molecule has 2 aromatic heterocycles. The summed E-state index contributed by atoms with van der Waals surface area (Å²) in [6.07, 6.45) is 5.20. The van der Waals surface area contributed by atoms with Crippen LogP contribution in [0.2, 0.25) is 0 Å². The summed E-state index contributed by atoms with van der Waals surface area (Å²) < 4.78 is 0. The molecule has 2 rings (SSSR count). The Morgan fingerprint density at radius 1 is 1.36 bits per heavy atom. The van der Waals surface area contributed by atoms with E-state index in [9.17, 15) is 4.79 Å². The Kier molecular flexibility index (Phi) is 4.38. The molecule has 0 aliphatic heterocycles. The Bertz CT molecular complexity index is 779. The van der Waals surface area contributed by atoms with Crippen LogP contribution in [0.15, 0.2) is 18.3 Å². The van der Waals surface area contributed by atoms with Gasteiger partial charge < -0.3 is 5.11 Å². The monoisotopic (exact) mass is 313 g/mol. The van der Waals surface area contributed by atoms with E-state index in [1.54, 1.807) is 29.7 Å². The summed E-state index contributed by atoms with van der Waals surface area (Å²) in [5.74, 6) is -1.12. The maximum absolute atomic E-state index is 11.0. The number of carboxylic acid groups (broad SMARTS) is 1. The summed E-state index contributed by atoms with van der Waals surface area (Å²) in [7, 11) is 0. The normalized spacial score (nSPS) is 11.5. The van der Waals surface area contributed by atoms with E-state index in [4.69, 9.17) is 10.4 Å². The summed E-state index contributed by atoms with van der Waals surface area (Å²) in [6, 6.07) is 4.79. The minimum absolute atomic E-state index is 0.0178. The third-order valence-corrected chi connectivity index (χ3v) is 4.22. The quantitative estimate of drug-likeness (QED) is 0.936. The van der Waals surface area contributed by atoms with Gasteiger partial charge in [-0.15, -0.1) is 11.3 Å². The topological polar surface area (TPSA) is 86.9 Å². The lowest BCUT2D eigenvalue weighted by atomic mass is 9.98. The number of carbonyl (C=O) groups is 1. The van der Waals surface area contributed by atoms with Crippen molar-refractivity contribution in [2.24, 2.45) is 0 Å². The van der Waals surface area contributed by atoms with Gasteiger partial charge in [0.05, 0.1) is 16.3 Å². The second-order valence-corrected chi connectivity index (χ2v) is 6.76. The third-order valence-electron chi connectivity index (χ3n) is 2.83. The zero-order valence-electron chi connectivity index (χ0n) is 12.5. The zero-order valence-corrected chi connectivity index (χ0v) is 13.3. The van der Waals surface area contributed by atoms with Crippen LogP contribution < -0.4 is 0 Å². The molecule has 112 valence electrons. The van der Waals surface area contributed by atoms with Crippen LogP contribution in [-0.4, -0.2) is 21.0 Å². The summed E-state index contributed by atoms with van der Waals surface area (Å²) >= 11 is 1.56. The van der Waals surface area contributed by atoms with Crippen molar-refractivity contribution < 1.29 is 9.90 Å². The Balaban J connectivity index is 2.33. The Hall–Kier alpha value is -2.52. The Morgan fingerprint density at radius 2 is 2.09 bits per heavy atom. The number of nitrogens with zero attached hydrogens (tertiary/aromatic N) is 3. The van der Waals surface area contributed by atoms with Crippen LogP contribution in [0.4, 0.5) is 0 Å². The molecule has 0 aromatic carbocycles. The lowest BCUT2D eigenvalue weighted by Crippen LogP contribution is -2.09. The molecule has 22 heavy (non-hydrogen) atoms. The second kappa shape index (κ2) is 6.08. The number of aromatic carboxylic acids is 1. The molecule has 0 spiro atoms. The first-order chi connectivity index (χ1) is 10.3. The number of hydrogen-bond donors (Lipinski definition) is 1. The number of carboxylic acids is 1. The predicted octanol–water partition coefficient (Wildman–Crippen LogP) is 3.58. The van der Waals surface area contributed by atoms with Gasteiger partial charge in [0, 0.05) is 16.5 Å². The van der Waals surface area contributed by atoms with E-state index in [0.717, 1.165) is 9.88 Å². The largest absolute Gasteiger partial charge is 0.477 e. The molecule has 5 nitrogen and oxygen atoms in total. The van der Waals surface area contributed by atoms with E-state index in [1.807, 2.05) is 6.07 Å². The Morgan fingerprint density at radius 3 is 2.64 bits per heavy atom. The average molecular weight is 313 g/mol. The average Bonchev–Trinajstić information content (AvgIpc) is 2.93. The van der Waals surface area contributed by atoms with E-state index in [-0.39, 0.29) is 11.1 Å². The summed E-state index contributed by atoms with van der Waals surface area (Å²) in [5, 5.41) is 19.1. The zero-order chi connectivity index (χ0) is 16.3. The van der Waals surface area contributed by atoms with Gasteiger partial charge >= 0.3 is 5.97 Å². The highest BCUT2D eigenvalue weighted by molar-refractivity contribution is 7.12. The van der Waals surface area contributed by atoms with Crippen molar-refractivity contribution >= 4 is 29.5 Å². The maximum atomic E-state index is 11.0. The van der Waals surface area contributed by atoms with Crippen LogP contribution in [0.1, 0.15) is 52.4 Å². The fourth-order valence-electron chi connectivity index (χ4n) is 1.69. The van der Waals surface area contributed by atoms with Gasteiger partial charge in [-0.2, -0.15) is 5.26 Å². The van der Waals surface area contributed by atoms with E-state index in [2.05, 4.69) is 30.7 Å². The fourth-order valence-corrected chi connectivity index (χ4v) is 2.56. The molecule has 0 saturated heterocycles. The van der Waals surface area contributed by atoms with Gasteiger partial charge in [0.15, 0.2) is 0 Å².